The third-order valence-electron chi connectivity index (χ3n) is 2.66. The van der Waals surface area contributed by atoms with Crippen LogP contribution in [0.4, 0.5) is 5.82 Å². The summed E-state index contributed by atoms with van der Waals surface area (Å²) < 4.78 is 11.0. The van der Waals surface area contributed by atoms with Crippen LogP contribution in [0.3, 0.4) is 0 Å². The average Bonchev–Trinajstić information content (AvgIpc) is 2.27. The highest BCUT2D eigenvalue weighted by atomic mass is 35.5. The minimum absolute atomic E-state index is 0.140. The van der Waals surface area contributed by atoms with Crippen LogP contribution in [0.1, 0.15) is 38.6 Å². The van der Waals surface area contributed by atoms with Gasteiger partial charge in [0.1, 0.15) is 16.8 Å². The molecule has 0 saturated heterocycles. The fourth-order valence-electron chi connectivity index (χ4n) is 1.48. The fourth-order valence-corrected chi connectivity index (χ4v) is 2.20. The summed E-state index contributed by atoms with van der Waals surface area (Å²) in [4.78, 5) is 8.87. The van der Waals surface area contributed by atoms with Crippen molar-refractivity contribution in [1.29, 1.82) is 0 Å². The van der Waals surface area contributed by atoms with Gasteiger partial charge < -0.3 is 5.32 Å². The molecule has 19 heavy (non-hydrogen) atoms. The van der Waals surface area contributed by atoms with Crippen molar-refractivity contribution in [3.63, 3.8) is 0 Å². The lowest BCUT2D eigenvalue weighted by Crippen LogP contribution is -2.19. The lowest BCUT2D eigenvalue weighted by Gasteiger charge is -2.19. The standard InChI is InChI=1S/C13H22ClN3OS/c1-9-10(14)16-12(13(2,3)4)17-11(9)15-7-6-8-19(5)18/h6-8H2,1-5H3,(H,15,16,17). The minimum Gasteiger partial charge on any atom is -0.370 e. The first-order valence-electron chi connectivity index (χ1n) is 6.30. The highest BCUT2D eigenvalue weighted by Crippen LogP contribution is 2.25. The Kier molecular flexibility index (Phi) is 5.74. The van der Waals surface area contributed by atoms with Gasteiger partial charge in [-0.25, -0.2) is 9.97 Å². The Morgan fingerprint density at radius 1 is 1.32 bits per heavy atom. The van der Waals surface area contributed by atoms with Crippen molar-refractivity contribution in [3.05, 3.63) is 16.5 Å². The highest BCUT2D eigenvalue weighted by Gasteiger charge is 2.20. The van der Waals surface area contributed by atoms with Gasteiger partial charge in [0.15, 0.2) is 0 Å². The van der Waals surface area contributed by atoms with Crippen LogP contribution in [0.2, 0.25) is 5.15 Å². The normalized spacial score (nSPS) is 13.4. The summed E-state index contributed by atoms with van der Waals surface area (Å²) in [6, 6.07) is 0. The Hall–Kier alpha value is -0.680. The molecule has 1 aromatic heterocycles. The zero-order chi connectivity index (χ0) is 14.6. The van der Waals surface area contributed by atoms with Crippen molar-refractivity contribution in [3.8, 4) is 0 Å². The maximum absolute atomic E-state index is 11.0. The van der Waals surface area contributed by atoms with Crippen molar-refractivity contribution in [2.24, 2.45) is 0 Å². The molecule has 0 aliphatic carbocycles. The molecule has 6 heteroatoms. The topological polar surface area (TPSA) is 54.9 Å². The molecule has 0 fully saturated rings. The molecular weight excluding hydrogens is 282 g/mol. The van der Waals surface area contributed by atoms with Gasteiger partial charge in [-0.1, -0.05) is 32.4 Å². The van der Waals surface area contributed by atoms with Gasteiger partial charge in [-0.2, -0.15) is 0 Å². The number of anilines is 1. The molecule has 0 amide bonds. The number of halogens is 1. The molecule has 0 spiro atoms. The molecular formula is C13H22ClN3OS. The van der Waals surface area contributed by atoms with Crippen LogP contribution in [0.5, 0.6) is 0 Å². The van der Waals surface area contributed by atoms with Crippen LogP contribution in [-0.2, 0) is 16.2 Å². The van der Waals surface area contributed by atoms with Crippen molar-refractivity contribution in [2.75, 3.05) is 23.9 Å². The van der Waals surface area contributed by atoms with E-state index in [9.17, 15) is 4.21 Å². The predicted molar refractivity (Wildman–Crippen MR) is 82.5 cm³/mol. The van der Waals surface area contributed by atoms with E-state index in [1.54, 1.807) is 6.26 Å². The summed E-state index contributed by atoms with van der Waals surface area (Å²) in [5.41, 5.74) is 0.714. The second kappa shape index (κ2) is 6.66. The van der Waals surface area contributed by atoms with Crippen LogP contribution in [0.25, 0.3) is 0 Å². The van der Waals surface area contributed by atoms with Gasteiger partial charge >= 0.3 is 0 Å². The van der Waals surface area contributed by atoms with E-state index in [-0.39, 0.29) is 5.41 Å². The van der Waals surface area contributed by atoms with E-state index in [0.717, 1.165) is 30.2 Å². The molecule has 0 aliphatic heterocycles. The van der Waals surface area contributed by atoms with E-state index < -0.39 is 10.8 Å². The fraction of sp³-hybridized carbons (Fsp3) is 0.692. The first-order chi connectivity index (χ1) is 8.71. The van der Waals surface area contributed by atoms with Crippen molar-refractivity contribution in [2.45, 2.75) is 39.5 Å². The number of hydrogen-bond acceptors (Lipinski definition) is 4. The SMILES string of the molecule is Cc1c(Cl)nc(C(C)(C)C)nc1NCCCS(C)=O. The Labute approximate surface area is 122 Å². The third kappa shape index (κ3) is 5.07. The first-order valence-corrected chi connectivity index (χ1v) is 8.41. The molecule has 108 valence electrons. The van der Waals surface area contributed by atoms with Gasteiger partial charge in [0.2, 0.25) is 0 Å². The monoisotopic (exact) mass is 303 g/mol. The molecule has 0 saturated carbocycles. The maximum atomic E-state index is 11.0. The second-order valence-corrected chi connectivity index (χ2v) is 7.53. The molecule has 0 aromatic carbocycles. The Balaban J connectivity index is 2.82. The Morgan fingerprint density at radius 2 is 1.95 bits per heavy atom. The van der Waals surface area contributed by atoms with Crippen molar-refractivity contribution < 1.29 is 4.21 Å². The minimum atomic E-state index is -0.750. The number of nitrogens with zero attached hydrogens (tertiary/aromatic N) is 2. The Bertz CT molecular complexity index is 472. The van der Waals surface area contributed by atoms with E-state index >= 15 is 0 Å². The molecule has 1 heterocycles. The largest absolute Gasteiger partial charge is 0.370 e. The molecule has 1 unspecified atom stereocenters. The number of nitrogens with one attached hydrogen (secondary N) is 1. The summed E-state index contributed by atoms with van der Waals surface area (Å²) in [5, 5.41) is 3.74. The van der Waals surface area contributed by atoms with Crippen LogP contribution in [0, 0.1) is 6.92 Å². The van der Waals surface area contributed by atoms with Crippen molar-refractivity contribution in [1.82, 2.24) is 9.97 Å². The zero-order valence-electron chi connectivity index (χ0n) is 12.2. The van der Waals surface area contributed by atoms with Gasteiger partial charge in [-0.15, -0.1) is 0 Å². The number of hydrogen-bond donors (Lipinski definition) is 1. The summed E-state index contributed by atoms with van der Waals surface area (Å²) in [5.74, 6) is 2.19. The number of rotatable bonds is 5. The predicted octanol–water partition coefficient (Wildman–Crippen LogP) is 2.92. The molecule has 4 nitrogen and oxygen atoms in total. The molecule has 1 aromatic rings. The average molecular weight is 304 g/mol. The molecule has 0 aliphatic rings. The van der Waals surface area contributed by atoms with Gasteiger partial charge in [0, 0.05) is 40.3 Å². The first kappa shape index (κ1) is 16.4. The molecule has 1 N–H and O–H groups in total. The molecule has 0 bridgehead atoms. The maximum Gasteiger partial charge on any atom is 0.137 e. The van der Waals surface area contributed by atoms with Crippen LogP contribution >= 0.6 is 11.6 Å². The van der Waals surface area contributed by atoms with E-state index in [1.807, 2.05) is 6.92 Å². The lowest BCUT2D eigenvalue weighted by molar-refractivity contribution is 0.545. The van der Waals surface area contributed by atoms with E-state index in [2.05, 4.69) is 36.1 Å². The van der Waals surface area contributed by atoms with Crippen LogP contribution in [-0.4, -0.2) is 32.7 Å². The van der Waals surface area contributed by atoms with Crippen molar-refractivity contribution >= 4 is 28.2 Å². The van der Waals surface area contributed by atoms with Gasteiger partial charge in [0.25, 0.3) is 0 Å². The highest BCUT2D eigenvalue weighted by molar-refractivity contribution is 7.84. The molecule has 1 rings (SSSR count). The van der Waals surface area contributed by atoms with E-state index in [4.69, 9.17) is 11.6 Å². The van der Waals surface area contributed by atoms with Gasteiger partial charge in [-0.3, -0.25) is 4.21 Å². The summed E-state index contributed by atoms with van der Waals surface area (Å²) in [7, 11) is -0.750. The Morgan fingerprint density at radius 3 is 2.47 bits per heavy atom. The second-order valence-electron chi connectivity index (χ2n) is 5.62. The molecule has 1 atom stereocenters. The van der Waals surface area contributed by atoms with E-state index in [1.165, 1.54) is 0 Å². The number of aromatic nitrogens is 2. The summed E-state index contributed by atoms with van der Waals surface area (Å²) in [6.07, 6.45) is 2.56. The van der Waals surface area contributed by atoms with Crippen LogP contribution < -0.4 is 5.32 Å². The third-order valence-corrected chi connectivity index (χ3v) is 3.89. The lowest BCUT2D eigenvalue weighted by atomic mass is 9.95. The summed E-state index contributed by atoms with van der Waals surface area (Å²) >= 11 is 6.15. The van der Waals surface area contributed by atoms with Gasteiger partial charge in [0.05, 0.1) is 0 Å². The molecule has 0 radical (unpaired) electrons. The van der Waals surface area contributed by atoms with Crippen LogP contribution in [0.15, 0.2) is 0 Å². The zero-order valence-corrected chi connectivity index (χ0v) is 13.8. The quantitative estimate of drug-likeness (QED) is 0.671. The summed E-state index contributed by atoms with van der Waals surface area (Å²) in [6.45, 7) is 8.79. The van der Waals surface area contributed by atoms with Gasteiger partial charge in [-0.05, 0) is 13.3 Å². The smallest absolute Gasteiger partial charge is 0.137 e. The van der Waals surface area contributed by atoms with E-state index in [0.29, 0.717) is 10.9 Å².